The second-order valence-corrected chi connectivity index (χ2v) is 4.91. The average molecular weight is 244 g/mol. The average Bonchev–Trinajstić information content (AvgIpc) is 2.26. The van der Waals surface area contributed by atoms with Crippen LogP contribution in [0.2, 0.25) is 0 Å². The van der Waals surface area contributed by atoms with Crippen molar-refractivity contribution < 1.29 is 9.53 Å². The Morgan fingerprint density at radius 3 is 2.29 bits per heavy atom. The molecule has 0 aliphatic heterocycles. The maximum atomic E-state index is 10.9. The third-order valence-corrected chi connectivity index (χ3v) is 2.97. The fourth-order valence-electron chi connectivity index (χ4n) is 1.49. The zero-order valence-corrected chi connectivity index (χ0v) is 11.3. The second kappa shape index (κ2) is 9.42. The van der Waals surface area contributed by atoms with E-state index in [2.05, 4.69) is 6.92 Å². The van der Waals surface area contributed by atoms with Crippen molar-refractivity contribution in [2.24, 2.45) is 11.5 Å². The molecule has 1 amide bonds. The van der Waals surface area contributed by atoms with Crippen LogP contribution in [0.25, 0.3) is 0 Å². The third kappa shape index (κ3) is 9.12. The first-order chi connectivity index (χ1) is 8.00. The summed E-state index contributed by atoms with van der Waals surface area (Å²) in [5, 5.41) is 0. The van der Waals surface area contributed by atoms with Crippen LogP contribution < -0.4 is 11.5 Å². The van der Waals surface area contributed by atoms with Gasteiger partial charge in [0.1, 0.15) is 0 Å². The molecule has 0 aliphatic rings. The van der Waals surface area contributed by atoms with E-state index in [1.165, 1.54) is 32.1 Å². The summed E-state index contributed by atoms with van der Waals surface area (Å²) in [6, 6.07) is 0. The standard InChI is InChI=1S/C13H28N2O2/c1-3-4-5-6-7-8-10-17-11-9-13(2,15)12(14)16/h3-11,15H2,1-2H3,(H2,14,16). The molecule has 0 radical (unpaired) electrons. The smallest absolute Gasteiger partial charge is 0.237 e. The van der Waals surface area contributed by atoms with Crippen LogP contribution in [0.15, 0.2) is 0 Å². The molecule has 1 unspecified atom stereocenters. The Bertz CT molecular complexity index is 206. The van der Waals surface area contributed by atoms with E-state index in [0.717, 1.165) is 13.0 Å². The molecule has 0 fully saturated rings. The van der Waals surface area contributed by atoms with E-state index in [-0.39, 0.29) is 0 Å². The van der Waals surface area contributed by atoms with Gasteiger partial charge >= 0.3 is 0 Å². The zero-order valence-electron chi connectivity index (χ0n) is 11.3. The highest BCUT2D eigenvalue weighted by atomic mass is 16.5. The molecule has 0 aromatic heterocycles. The molecular weight excluding hydrogens is 216 g/mol. The van der Waals surface area contributed by atoms with Crippen molar-refractivity contribution in [3.8, 4) is 0 Å². The lowest BCUT2D eigenvalue weighted by Gasteiger charge is -2.19. The Labute approximate surface area is 105 Å². The summed E-state index contributed by atoms with van der Waals surface area (Å²) in [4.78, 5) is 10.9. The monoisotopic (exact) mass is 244 g/mol. The number of amides is 1. The summed E-state index contributed by atoms with van der Waals surface area (Å²) in [5.41, 5.74) is 9.92. The second-order valence-electron chi connectivity index (χ2n) is 4.91. The number of carbonyl (C=O) groups is 1. The first-order valence-corrected chi connectivity index (χ1v) is 6.67. The van der Waals surface area contributed by atoms with Gasteiger partial charge in [-0.2, -0.15) is 0 Å². The molecular formula is C13H28N2O2. The lowest BCUT2D eigenvalue weighted by molar-refractivity contribution is -0.123. The van der Waals surface area contributed by atoms with Gasteiger partial charge in [-0.1, -0.05) is 39.0 Å². The van der Waals surface area contributed by atoms with Gasteiger partial charge in [-0.3, -0.25) is 4.79 Å². The molecule has 0 aromatic carbocycles. The maximum absolute atomic E-state index is 10.9. The summed E-state index contributed by atoms with van der Waals surface area (Å²) >= 11 is 0. The van der Waals surface area contributed by atoms with Crippen LogP contribution in [0.1, 0.15) is 58.8 Å². The highest BCUT2D eigenvalue weighted by Crippen LogP contribution is 2.07. The number of nitrogens with two attached hydrogens (primary N) is 2. The van der Waals surface area contributed by atoms with Crippen molar-refractivity contribution in [1.82, 2.24) is 0 Å². The van der Waals surface area contributed by atoms with Crippen molar-refractivity contribution in [1.29, 1.82) is 0 Å². The van der Waals surface area contributed by atoms with Gasteiger partial charge in [0, 0.05) is 13.2 Å². The first kappa shape index (κ1) is 16.4. The fourth-order valence-corrected chi connectivity index (χ4v) is 1.49. The number of carbonyl (C=O) groups excluding carboxylic acids is 1. The van der Waals surface area contributed by atoms with Crippen LogP contribution in [-0.4, -0.2) is 24.7 Å². The SMILES string of the molecule is CCCCCCCCOCCC(C)(N)C(N)=O. The number of primary amides is 1. The Balaban J connectivity index is 3.27. The van der Waals surface area contributed by atoms with E-state index in [0.29, 0.717) is 13.0 Å². The lowest BCUT2D eigenvalue weighted by atomic mass is 9.99. The predicted molar refractivity (Wildman–Crippen MR) is 70.6 cm³/mol. The molecule has 4 heteroatoms. The molecule has 0 spiro atoms. The summed E-state index contributed by atoms with van der Waals surface area (Å²) in [6.07, 6.45) is 7.99. The molecule has 1 atom stereocenters. The zero-order chi connectivity index (χ0) is 13.1. The Morgan fingerprint density at radius 2 is 1.71 bits per heavy atom. The molecule has 0 rings (SSSR count). The van der Waals surface area contributed by atoms with Crippen molar-refractivity contribution in [2.75, 3.05) is 13.2 Å². The molecule has 4 nitrogen and oxygen atoms in total. The van der Waals surface area contributed by atoms with Gasteiger partial charge in [-0.25, -0.2) is 0 Å². The molecule has 0 heterocycles. The van der Waals surface area contributed by atoms with Crippen LogP contribution in [0, 0.1) is 0 Å². The van der Waals surface area contributed by atoms with Crippen molar-refractivity contribution in [3.05, 3.63) is 0 Å². The van der Waals surface area contributed by atoms with E-state index >= 15 is 0 Å². The summed E-state index contributed by atoms with van der Waals surface area (Å²) in [5.74, 6) is -0.472. The molecule has 102 valence electrons. The van der Waals surface area contributed by atoms with Crippen LogP contribution in [-0.2, 0) is 9.53 Å². The van der Waals surface area contributed by atoms with Gasteiger partial charge in [-0.15, -0.1) is 0 Å². The Hall–Kier alpha value is -0.610. The van der Waals surface area contributed by atoms with Crippen molar-refractivity contribution in [2.45, 2.75) is 64.3 Å². The van der Waals surface area contributed by atoms with Crippen LogP contribution in [0.5, 0.6) is 0 Å². The van der Waals surface area contributed by atoms with Gasteiger partial charge in [0.2, 0.25) is 5.91 Å². The van der Waals surface area contributed by atoms with Gasteiger partial charge in [0.15, 0.2) is 0 Å². The third-order valence-electron chi connectivity index (χ3n) is 2.97. The van der Waals surface area contributed by atoms with E-state index in [1.807, 2.05) is 0 Å². The maximum Gasteiger partial charge on any atom is 0.237 e. The number of ether oxygens (including phenoxy) is 1. The van der Waals surface area contributed by atoms with Crippen molar-refractivity contribution in [3.63, 3.8) is 0 Å². The van der Waals surface area contributed by atoms with Gasteiger partial charge in [0.25, 0.3) is 0 Å². The summed E-state index contributed by atoms with van der Waals surface area (Å²) in [6.45, 7) is 5.11. The van der Waals surface area contributed by atoms with E-state index < -0.39 is 11.4 Å². The largest absolute Gasteiger partial charge is 0.381 e. The molecule has 0 saturated carbocycles. The van der Waals surface area contributed by atoms with Crippen LogP contribution in [0.4, 0.5) is 0 Å². The minimum Gasteiger partial charge on any atom is -0.381 e. The van der Waals surface area contributed by atoms with E-state index in [4.69, 9.17) is 16.2 Å². The lowest BCUT2D eigenvalue weighted by Crippen LogP contribution is -2.50. The highest BCUT2D eigenvalue weighted by molar-refractivity contribution is 5.83. The topological polar surface area (TPSA) is 78.3 Å². The van der Waals surface area contributed by atoms with E-state index in [1.54, 1.807) is 6.92 Å². The molecule has 17 heavy (non-hydrogen) atoms. The van der Waals surface area contributed by atoms with E-state index in [9.17, 15) is 4.79 Å². The van der Waals surface area contributed by atoms with Gasteiger partial charge in [0.05, 0.1) is 5.54 Å². The van der Waals surface area contributed by atoms with Crippen LogP contribution >= 0.6 is 0 Å². The summed E-state index contributed by atoms with van der Waals surface area (Å²) in [7, 11) is 0. The minimum absolute atomic E-state index is 0.472. The minimum atomic E-state index is -0.943. The number of hydrogen-bond donors (Lipinski definition) is 2. The normalized spacial score (nSPS) is 14.5. The number of unbranched alkanes of at least 4 members (excludes halogenated alkanes) is 5. The Kier molecular flexibility index (Phi) is 9.09. The first-order valence-electron chi connectivity index (χ1n) is 6.67. The molecule has 0 aromatic rings. The van der Waals surface area contributed by atoms with Gasteiger partial charge in [-0.05, 0) is 19.8 Å². The fraction of sp³-hybridized carbons (Fsp3) is 0.923. The molecule has 0 aliphatic carbocycles. The van der Waals surface area contributed by atoms with Crippen LogP contribution in [0.3, 0.4) is 0 Å². The molecule has 0 bridgehead atoms. The number of hydrogen-bond acceptors (Lipinski definition) is 3. The van der Waals surface area contributed by atoms with Gasteiger partial charge < -0.3 is 16.2 Å². The molecule has 0 saturated heterocycles. The summed E-state index contributed by atoms with van der Waals surface area (Å²) < 4.78 is 5.44. The Morgan fingerprint density at radius 1 is 1.12 bits per heavy atom. The predicted octanol–water partition coefficient (Wildman–Crippen LogP) is 1.96. The highest BCUT2D eigenvalue weighted by Gasteiger charge is 2.24. The number of rotatable bonds is 11. The molecule has 4 N–H and O–H groups in total. The van der Waals surface area contributed by atoms with Crippen molar-refractivity contribution >= 4 is 5.91 Å². The quantitative estimate of drug-likeness (QED) is 0.545.